The molecule has 0 unspecified atom stereocenters. The molecule has 0 aliphatic rings. The van der Waals surface area contributed by atoms with Crippen molar-refractivity contribution in [3.8, 4) is 28.3 Å². The van der Waals surface area contributed by atoms with Crippen LogP contribution < -0.4 is 4.74 Å². The number of aliphatic carboxylic acids is 1. The Morgan fingerprint density at radius 1 is 0.880 bits per heavy atom. The predicted octanol–water partition coefficient (Wildman–Crippen LogP) is 4.66. The van der Waals surface area contributed by atoms with Crippen molar-refractivity contribution in [1.82, 2.24) is 4.98 Å². The van der Waals surface area contributed by atoms with E-state index < -0.39 is 5.97 Å². The van der Waals surface area contributed by atoms with Crippen LogP contribution in [0.4, 0.5) is 0 Å². The summed E-state index contributed by atoms with van der Waals surface area (Å²) in [5.41, 5.74) is 3.94. The highest BCUT2D eigenvalue weighted by molar-refractivity contribution is 5.71. The second-order valence-electron chi connectivity index (χ2n) is 5.66. The standard InChI is InChI=1S/C21H19NO3/c23-21(24)12-7-13-25-20-15-18(16-8-3-1-4-9-16)14-19(22-20)17-10-5-2-6-11-17/h1-6,8-11,14-15H,7,12-13H2,(H,23,24). The summed E-state index contributed by atoms with van der Waals surface area (Å²) in [4.78, 5) is 15.2. The molecule has 3 aromatic rings. The molecule has 4 nitrogen and oxygen atoms in total. The van der Waals surface area contributed by atoms with Gasteiger partial charge in [-0.15, -0.1) is 0 Å². The third-order valence-corrected chi connectivity index (χ3v) is 3.76. The first-order valence-electron chi connectivity index (χ1n) is 8.20. The molecule has 1 N–H and O–H groups in total. The molecule has 0 radical (unpaired) electrons. The van der Waals surface area contributed by atoms with Gasteiger partial charge in [-0.25, -0.2) is 4.98 Å². The third kappa shape index (κ3) is 4.67. The van der Waals surface area contributed by atoms with E-state index in [1.165, 1.54) is 0 Å². The maximum absolute atomic E-state index is 10.6. The van der Waals surface area contributed by atoms with E-state index in [0.29, 0.717) is 18.9 Å². The summed E-state index contributed by atoms with van der Waals surface area (Å²) in [6, 6.07) is 23.9. The highest BCUT2D eigenvalue weighted by atomic mass is 16.5. The molecular formula is C21H19NO3. The molecule has 25 heavy (non-hydrogen) atoms. The molecule has 0 atom stereocenters. The molecule has 2 aromatic carbocycles. The maximum Gasteiger partial charge on any atom is 0.303 e. The summed E-state index contributed by atoms with van der Waals surface area (Å²) < 4.78 is 5.71. The molecule has 0 spiro atoms. The molecule has 126 valence electrons. The largest absolute Gasteiger partial charge is 0.481 e. The van der Waals surface area contributed by atoms with Crippen LogP contribution in [0.1, 0.15) is 12.8 Å². The van der Waals surface area contributed by atoms with Crippen LogP contribution in [0, 0.1) is 0 Å². The van der Waals surface area contributed by atoms with Gasteiger partial charge in [0.05, 0.1) is 12.3 Å². The van der Waals surface area contributed by atoms with Crippen molar-refractivity contribution >= 4 is 5.97 Å². The summed E-state index contributed by atoms with van der Waals surface area (Å²) in [6.45, 7) is 0.325. The molecule has 0 bridgehead atoms. The summed E-state index contributed by atoms with van der Waals surface area (Å²) in [7, 11) is 0. The second-order valence-corrected chi connectivity index (χ2v) is 5.66. The number of hydrogen-bond donors (Lipinski definition) is 1. The van der Waals surface area contributed by atoms with Gasteiger partial charge in [-0.1, -0.05) is 60.7 Å². The first-order chi connectivity index (χ1) is 12.2. The monoisotopic (exact) mass is 333 g/mol. The molecule has 3 rings (SSSR count). The lowest BCUT2D eigenvalue weighted by atomic mass is 10.0. The number of benzene rings is 2. The van der Waals surface area contributed by atoms with Crippen molar-refractivity contribution in [2.45, 2.75) is 12.8 Å². The van der Waals surface area contributed by atoms with Gasteiger partial charge < -0.3 is 9.84 Å². The van der Waals surface area contributed by atoms with E-state index in [1.807, 2.05) is 72.8 Å². The van der Waals surface area contributed by atoms with Crippen LogP contribution in [0.3, 0.4) is 0 Å². The van der Waals surface area contributed by atoms with Crippen molar-refractivity contribution < 1.29 is 14.6 Å². The zero-order chi connectivity index (χ0) is 17.5. The van der Waals surface area contributed by atoms with Crippen LogP contribution in [0.2, 0.25) is 0 Å². The number of hydrogen-bond acceptors (Lipinski definition) is 3. The lowest BCUT2D eigenvalue weighted by molar-refractivity contribution is -0.137. The van der Waals surface area contributed by atoms with Gasteiger partial charge in [0.1, 0.15) is 0 Å². The van der Waals surface area contributed by atoms with Crippen molar-refractivity contribution in [2.75, 3.05) is 6.61 Å². The Balaban J connectivity index is 1.90. The van der Waals surface area contributed by atoms with Gasteiger partial charge in [-0.3, -0.25) is 4.79 Å². The number of carboxylic acids is 1. The zero-order valence-corrected chi connectivity index (χ0v) is 13.8. The van der Waals surface area contributed by atoms with E-state index in [0.717, 1.165) is 22.4 Å². The molecular weight excluding hydrogens is 314 g/mol. The first kappa shape index (κ1) is 16.7. The number of carboxylic acid groups (broad SMARTS) is 1. The third-order valence-electron chi connectivity index (χ3n) is 3.76. The smallest absolute Gasteiger partial charge is 0.303 e. The average molecular weight is 333 g/mol. The number of carbonyl (C=O) groups is 1. The lowest BCUT2D eigenvalue weighted by Gasteiger charge is -2.11. The van der Waals surface area contributed by atoms with E-state index in [2.05, 4.69) is 4.98 Å². The Morgan fingerprint density at radius 2 is 1.52 bits per heavy atom. The molecule has 1 aromatic heterocycles. The fraction of sp³-hybridized carbons (Fsp3) is 0.143. The van der Waals surface area contributed by atoms with Crippen LogP contribution in [-0.4, -0.2) is 22.7 Å². The lowest BCUT2D eigenvalue weighted by Crippen LogP contribution is -2.03. The molecule has 0 aliphatic heterocycles. The van der Waals surface area contributed by atoms with Gasteiger partial charge in [-0.2, -0.15) is 0 Å². The van der Waals surface area contributed by atoms with Gasteiger partial charge in [0.2, 0.25) is 5.88 Å². The topological polar surface area (TPSA) is 59.4 Å². The van der Waals surface area contributed by atoms with Crippen molar-refractivity contribution in [3.63, 3.8) is 0 Å². The fourth-order valence-electron chi connectivity index (χ4n) is 2.53. The fourth-order valence-corrected chi connectivity index (χ4v) is 2.53. The number of rotatable bonds is 7. The molecule has 0 saturated carbocycles. The highest BCUT2D eigenvalue weighted by Crippen LogP contribution is 2.28. The Morgan fingerprint density at radius 3 is 2.16 bits per heavy atom. The Hall–Kier alpha value is -3.14. The van der Waals surface area contributed by atoms with E-state index in [1.54, 1.807) is 0 Å². The Labute approximate surface area is 146 Å². The van der Waals surface area contributed by atoms with Crippen LogP contribution in [0.5, 0.6) is 5.88 Å². The van der Waals surface area contributed by atoms with Gasteiger partial charge >= 0.3 is 5.97 Å². The number of ether oxygens (including phenoxy) is 1. The average Bonchev–Trinajstić information content (AvgIpc) is 2.66. The van der Waals surface area contributed by atoms with Gasteiger partial charge in [0, 0.05) is 18.1 Å². The number of pyridine rings is 1. The quantitative estimate of drug-likeness (QED) is 0.639. The normalized spacial score (nSPS) is 10.4. The van der Waals surface area contributed by atoms with E-state index >= 15 is 0 Å². The molecule has 0 aliphatic carbocycles. The van der Waals surface area contributed by atoms with Crippen LogP contribution in [-0.2, 0) is 4.79 Å². The summed E-state index contributed by atoms with van der Waals surface area (Å²) in [5.74, 6) is -0.315. The molecule has 1 heterocycles. The molecule has 4 heteroatoms. The minimum atomic E-state index is -0.820. The minimum absolute atomic E-state index is 0.0872. The van der Waals surface area contributed by atoms with Crippen LogP contribution >= 0.6 is 0 Å². The molecule has 0 saturated heterocycles. The van der Waals surface area contributed by atoms with Crippen LogP contribution in [0.25, 0.3) is 22.4 Å². The second kappa shape index (κ2) is 8.11. The SMILES string of the molecule is O=C(O)CCCOc1cc(-c2ccccc2)cc(-c2ccccc2)n1. The molecule has 0 amide bonds. The van der Waals surface area contributed by atoms with Crippen molar-refractivity contribution in [1.29, 1.82) is 0 Å². The van der Waals surface area contributed by atoms with Crippen molar-refractivity contribution in [2.24, 2.45) is 0 Å². The van der Waals surface area contributed by atoms with Crippen molar-refractivity contribution in [3.05, 3.63) is 72.8 Å². The summed E-state index contributed by atoms with van der Waals surface area (Å²) >= 11 is 0. The van der Waals surface area contributed by atoms with Crippen LogP contribution in [0.15, 0.2) is 72.8 Å². The summed E-state index contributed by atoms with van der Waals surface area (Å²) in [6.07, 6.45) is 0.539. The number of aromatic nitrogens is 1. The number of nitrogens with zero attached hydrogens (tertiary/aromatic N) is 1. The highest BCUT2D eigenvalue weighted by Gasteiger charge is 2.08. The minimum Gasteiger partial charge on any atom is -0.481 e. The summed E-state index contributed by atoms with van der Waals surface area (Å²) in [5, 5.41) is 8.73. The van der Waals surface area contributed by atoms with Gasteiger partial charge in [0.15, 0.2) is 0 Å². The maximum atomic E-state index is 10.6. The zero-order valence-electron chi connectivity index (χ0n) is 13.8. The Bertz CT molecular complexity index is 775. The molecule has 0 fully saturated rings. The predicted molar refractivity (Wildman–Crippen MR) is 97.5 cm³/mol. The Kier molecular flexibility index (Phi) is 5.42. The van der Waals surface area contributed by atoms with Gasteiger partial charge in [-0.05, 0) is 23.6 Å². The first-order valence-corrected chi connectivity index (χ1v) is 8.20. The van der Waals surface area contributed by atoms with E-state index in [-0.39, 0.29) is 6.42 Å². The van der Waals surface area contributed by atoms with E-state index in [9.17, 15) is 4.79 Å². The van der Waals surface area contributed by atoms with E-state index in [4.69, 9.17) is 9.84 Å². The van der Waals surface area contributed by atoms with Gasteiger partial charge in [0.25, 0.3) is 0 Å².